The van der Waals surface area contributed by atoms with Gasteiger partial charge in [-0.2, -0.15) is 8.78 Å². The van der Waals surface area contributed by atoms with E-state index in [0.717, 1.165) is 28.7 Å². The van der Waals surface area contributed by atoms with Crippen LogP contribution < -0.4 is 10.6 Å². The Kier molecular flexibility index (Phi) is 6.21. The lowest BCUT2D eigenvalue weighted by Gasteiger charge is -2.13. The van der Waals surface area contributed by atoms with E-state index in [0.29, 0.717) is 5.69 Å². The molecule has 2 aromatic rings. The van der Waals surface area contributed by atoms with E-state index >= 15 is 0 Å². The highest BCUT2D eigenvalue weighted by Gasteiger charge is 2.31. The van der Waals surface area contributed by atoms with Crippen molar-refractivity contribution in [2.75, 3.05) is 5.32 Å². The van der Waals surface area contributed by atoms with Crippen LogP contribution in [0.15, 0.2) is 30.3 Å². The van der Waals surface area contributed by atoms with Crippen LogP contribution in [0.3, 0.4) is 0 Å². The first-order valence-corrected chi connectivity index (χ1v) is 8.55. The van der Waals surface area contributed by atoms with Crippen molar-refractivity contribution < 1.29 is 22.8 Å². The number of aromatic nitrogens is 1. The van der Waals surface area contributed by atoms with E-state index in [1.807, 2.05) is 0 Å². The van der Waals surface area contributed by atoms with Gasteiger partial charge in [-0.25, -0.2) is 9.37 Å². The van der Waals surface area contributed by atoms with Crippen molar-refractivity contribution in [3.63, 3.8) is 0 Å². The molecule has 5 nitrogen and oxygen atoms in total. The number of nitrogens with zero attached hydrogens (tertiary/aromatic N) is 1. The molecule has 9 heteroatoms. The van der Waals surface area contributed by atoms with E-state index in [-0.39, 0.29) is 29.4 Å². The molecule has 26 heavy (non-hydrogen) atoms. The minimum Gasteiger partial charge on any atom is -0.348 e. The number of halogens is 4. The number of rotatable bonds is 5. The van der Waals surface area contributed by atoms with Crippen molar-refractivity contribution in [3.05, 3.63) is 58.5 Å². The van der Waals surface area contributed by atoms with Gasteiger partial charge in [0.05, 0.1) is 5.56 Å². The molecule has 0 fully saturated rings. The van der Waals surface area contributed by atoms with E-state index in [1.165, 1.54) is 31.2 Å². The topological polar surface area (TPSA) is 71.1 Å². The van der Waals surface area contributed by atoms with Gasteiger partial charge >= 0.3 is 3.93 Å². The van der Waals surface area contributed by atoms with Gasteiger partial charge in [0, 0.05) is 52.9 Å². The van der Waals surface area contributed by atoms with E-state index in [1.54, 1.807) is 6.92 Å². The van der Waals surface area contributed by atoms with Crippen LogP contribution in [-0.2, 0) is 15.3 Å². The molecular formula is C17H15F3IN3O2. The zero-order chi connectivity index (χ0) is 19.5. The van der Waals surface area contributed by atoms with Crippen LogP contribution in [0.1, 0.15) is 34.1 Å². The van der Waals surface area contributed by atoms with Crippen molar-refractivity contribution in [2.45, 2.75) is 24.3 Å². The fraction of sp³-hybridized carbons (Fsp3) is 0.235. The highest BCUT2D eigenvalue weighted by molar-refractivity contribution is 14.1. The van der Waals surface area contributed by atoms with Crippen molar-refractivity contribution in [2.24, 2.45) is 0 Å². The molecule has 0 unspecified atom stereocenters. The maximum absolute atomic E-state index is 14.2. The van der Waals surface area contributed by atoms with Crippen molar-refractivity contribution in [1.29, 1.82) is 0 Å². The van der Waals surface area contributed by atoms with Gasteiger partial charge in [-0.1, -0.05) is 12.1 Å². The SMILES string of the molecule is CC(=O)Nc1cc(C(=O)NCc2cccc(C(F)(F)I)c2F)cc(C)n1. The molecule has 0 aliphatic carbocycles. The van der Waals surface area contributed by atoms with Gasteiger partial charge in [0.15, 0.2) is 0 Å². The summed E-state index contributed by atoms with van der Waals surface area (Å²) in [4.78, 5) is 27.5. The van der Waals surface area contributed by atoms with Crippen molar-refractivity contribution in [1.82, 2.24) is 10.3 Å². The third kappa shape index (κ3) is 5.16. The average Bonchev–Trinajstić information content (AvgIpc) is 2.51. The molecule has 1 heterocycles. The highest BCUT2D eigenvalue weighted by Crippen LogP contribution is 2.37. The number of amides is 2. The number of carbonyl (C=O) groups is 2. The molecule has 2 rings (SSSR count). The summed E-state index contributed by atoms with van der Waals surface area (Å²) in [6.07, 6.45) is 0. The molecule has 1 aromatic carbocycles. The van der Waals surface area contributed by atoms with E-state index in [2.05, 4.69) is 15.6 Å². The van der Waals surface area contributed by atoms with E-state index in [9.17, 15) is 22.8 Å². The monoisotopic (exact) mass is 477 g/mol. The Balaban J connectivity index is 2.17. The summed E-state index contributed by atoms with van der Waals surface area (Å²) in [6.45, 7) is 2.69. The summed E-state index contributed by atoms with van der Waals surface area (Å²) in [5, 5.41) is 4.95. The molecule has 2 amide bonds. The second kappa shape index (κ2) is 8.02. The molecule has 0 aliphatic rings. The lowest BCUT2D eigenvalue weighted by atomic mass is 10.1. The highest BCUT2D eigenvalue weighted by atomic mass is 127. The molecule has 0 bridgehead atoms. The minimum absolute atomic E-state index is 0.0555. The Labute approximate surface area is 161 Å². The van der Waals surface area contributed by atoms with Gasteiger partial charge in [0.1, 0.15) is 11.6 Å². The standard InChI is InChI=1S/C17H15F3IN3O2/c1-9-6-12(7-14(23-9)24-10(2)25)16(26)22-8-11-4-3-5-13(15(11)18)17(19,20)21/h3-7H,8H2,1-2H3,(H,22,26)(H,23,24,25). The Bertz CT molecular complexity index is 854. The van der Waals surface area contributed by atoms with Gasteiger partial charge < -0.3 is 10.6 Å². The number of benzene rings is 1. The summed E-state index contributed by atoms with van der Waals surface area (Å²) in [7, 11) is 0. The number of aryl methyl sites for hydroxylation is 1. The molecule has 0 aliphatic heterocycles. The molecule has 138 valence electrons. The van der Waals surface area contributed by atoms with Gasteiger partial charge in [-0.05, 0) is 25.1 Å². The summed E-state index contributed by atoms with van der Waals surface area (Å²) in [5.41, 5.74) is -0.0891. The molecule has 0 radical (unpaired) electrons. The molecule has 1 aromatic heterocycles. The number of pyridine rings is 1. The van der Waals surface area contributed by atoms with Gasteiger partial charge in [0.2, 0.25) is 5.91 Å². The Morgan fingerprint density at radius 2 is 1.96 bits per heavy atom. The smallest absolute Gasteiger partial charge is 0.324 e. The summed E-state index contributed by atoms with van der Waals surface area (Å²) in [6, 6.07) is 6.49. The van der Waals surface area contributed by atoms with E-state index in [4.69, 9.17) is 0 Å². The third-order valence-electron chi connectivity index (χ3n) is 3.34. The number of alkyl halides is 3. The van der Waals surface area contributed by atoms with Crippen LogP contribution in [0.2, 0.25) is 0 Å². The van der Waals surface area contributed by atoms with E-state index < -0.39 is 21.2 Å². The predicted molar refractivity (Wildman–Crippen MR) is 98.8 cm³/mol. The van der Waals surface area contributed by atoms with Crippen LogP contribution in [0, 0.1) is 12.7 Å². The number of hydrogen-bond donors (Lipinski definition) is 2. The number of anilines is 1. The van der Waals surface area contributed by atoms with Gasteiger partial charge in [0.25, 0.3) is 5.91 Å². The normalized spacial score (nSPS) is 11.2. The van der Waals surface area contributed by atoms with Crippen molar-refractivity contribution in [3.8, 4) is 0 Å². The Hall–Kier alpha value is -2.17. The van der Waals surface area contributed by atoms with Crippen LogP contribution in [0.4, 0.5) is 19.0 Å². The molecule has 0 spiro atoms. The molecule has 0 atom stereocenters. The second-order valence-corrected chi connectivity index (χ2v) is 6.88. The molecule has 2 N–H and O–H groups in total. The largest absolute Gasteiger partial charge is 0.348 e. The van der Waals surface area contributed by atoms with Crippen LogP contribution >= 0.6 is 22.6 Å². The van der Waals surface area contributed by atoms with Gasteiger partial charge in [-0.3, -0.25) is 9.59 Å². The fourth-order valence-electron chi connectivity index (χ4n) is 2.26. The first kappa shape index (κ1) is 20.1. The lowest BCUT2D eigenvalue weighted by molar-refractivity contribution is -0.114. The number of carbonyl (C=O) groups excluding carboxylic acids is 2. The maximum Gasteiger partial charge on any atom is 0.324 e. The quantitative estimate of drug-likeness (QED) is 0.507. The first-order chi connectivity index (χ1) is 12.1. The second-order valence-electron chi connectivity index (χ2n) is 5.52. The summed E-state index contributed by atoms with van der Waals surface area (Å²) >= 11 is 0.850. The van der Waals surface area contributed by atoms with Crippen LogP contribution in [-0.4, -0.2) is 16.8 Å². The Morgan fingerprint density at radius 1 is 1.27 bits per heavy atom. The molecule has 0 saturated carbocycles. The predicted octanol–water partition coefficient (Wildman–Crippen LogP) is 3.90. The zero-order valence-electron chi connectivity index (χ0n) is 13.9. The third-order valence-corrected chi connectivity index (χ3v) is 3.92. The van der Waals surface area contributed by atoms with Crippen LogP contribution in [0.25, 0.3) is 0 Å². The Morgan fingerprint density at radius 3 is 2.58 bits per heavy atom. The zero-order valence-corrected chi connectivity index (χ0v) is 16.0. The molecule has 0 saturated heterocycles. The summed E-state index contributed by atoms with van der Waals surface area (Å²) in [5.74, 6) is -1.74. The lowest BCUT2D eigenvalue weighted by Crippen LogP contribution is -2.24. The fourth-order valence-corrected chi connectivity index (χ4v) is 2.67. The number of nitrogens with one attached hydrogen (secondary N) is 2. The minimum atomic E-state index is -3.35. The average molecular weight is 477 g/mol. The van der Waals surface area contributed by atoms with Crippen molar-refractivity contribution >= 4 is 40.2 Å². The molecular weight excluding hydrogens is 462 g/mol. The maximum atomic E-state index is 14.2. The number of hydrogen-bond acceptors (Lipinski definition) is 3. The van der Waals surface area contributed by atoms with Crippen LogP contribution in [0.5, 0.6) is 0 Å². The van der Waals surface area contributed by atoms with Gasteiger partial charge in [-0.15, -0.1) is 0 Å². The first-order valence-electron chi connectivity index (χ1n) is 7.47. The summed E-state index contributed by atoms with van der Waals surface area (Å²) < 4.78 is 37.6.